The number of esters is 1. The second-order valence-electron chi connectivity index (χ2n) is 1.86. The Kier molecular flexibility index (Phi) is 12.3. The van der Waals surface area contributed by atoms with Crippen LogP contribution in [0.15, 0.2) is 36.4 Å². The summed E-state index contributed by atoms with van der Waals surface area (Å²) in [7, 11) is 0. The number of allylic oxidation sites excluding steroid dienone is 1. The fraction of sp³-hybridized carbons (Fsp3) is 0.200. The van der Waals surface area contributed by atoms with Crippen molar-refractivity contribution in [3.63, 3.8) is 0 Å². The lowest BCUT2D eigenvalue weighted by molar-refractivity contribution is -0.138. The summed E-state index contributed by atoms with van der Waals surface area (Å²) in [4.78, 5) is 10.8. The molecule has 0 fully saturated rings. The highest BCUT2D eigenvalue weighted by atomic mass is 35.5. The Labute approximate surface area is 88.9 Å². The SMILES string of the molecule is C=C(C=CC#N)C(=O)OCC.C=CCl. The molecular formula is C10H12ClNO2. The minimum Gasteiger partial charge on any atom is -0.462 e. The van der Waals surface area contributed by atoms with Crippen LogP contribution in [0.25, 0.3) is 0 Å². The number of ether oxygens (including phenoxy) is 1. The van der Waals surface area contributed by atoms with Crippen molar-refractivity contribution >= 4 is 17.6 Å². The van der Waals surface area contributed by atoms with Crippen LogP contribution < -0.4 is 0 Å². The fourth-order valence-electron chi connectivity index (χ4n) is 0.430. The molecule has 0 spiro atoms. The number of hydrogen-bond acceptors (Lipinski definition) is 3. The van der Waals surface area contributed by atoms with E-state index < -0.39 is 5.97 Å². The molecule has 4 heteroatoms. The number of nitrogens with zero attached hydrogens (tertiary/aromatic N) is 1. The Morgan fingerprint density at radius 2 is 2.21 bits per heavy atom. The normalized spacial score (nSPS) is 8.07. The first kappa shape index (κ1) is 15.0. The molecule has 0 N–H and O–H groups in total. The molecule has 0 atom stereocenters. The van der Waals surface area contributed by atoms with Crippen molar-refractivity contribution < 1.29 is 9.53 Å². The number of nitriles is 1. The van der Waals surface area contributed by atoms with Crippen molar-refractivity contribution in [2.24, 2.45) is 0 Å². The van der Waals surface area contributed by atoms with E-state index >= 15 is 0 Å². The van der Waals surface area contributed by atoms with Crippen LogP contribution in [0.1, 0.15) is 6.92 Å². The summed E-state index contributed by atoms with van der Waals surface area (Å²) < 4.78 is 4.60. The maximum atomic E-state index is 10.8. The summed E-state index contributed by atoms with van der Waals surface area (Å²) >= 11 is 4.76. The van der Waals surface area contributed by atoms with Gasteiger partial charge in [0.05, 0.1) is 18.2 Å². The van der Waals surface area contributed by atoms with Gasteiger partial charge in [-0.1, -0.05) is 24.8 Å². The van der Waals surface area contributed by atoms with E-state index in [-0.39, 0.29) is 5.57 Å². The van der Waals surface area contributed by atoms with Gasteiger partial charge in [-0.05, 0) is 18.5 Å². The van der Waals surface area contributed by atoms with Crippen molar-refractivity contribution in [3.05, 3.63) is 36.4 Å². The first-order chi connectivity index (χ1) is 6.63. The highest BCUT2D eigenvalue weighted by Gasteiger charge is 2.01. The molecule has 0 aliphatic carbocycles. The zero-order chi connectivity index (χ0) is 11.4. The molecule has 0 bridgehead atoms. The molecule has 76 valence electrons. The van der Waals surface area contributed by atoms with Gasteiger partial charge in [0.2, 0.25) is 0 Å². The lowest BCUT2D eigenvalue weighted by Gasteiger charge is -1.98. The van der Waals surface area contributed by atoms with Crippen LogP contribution in [-0.2, 0) is 9.53 Å². The molecule has 0 aromatic carbocycles. The van der Waals surface area contributed by atoms with E-state index in [0.717, 1.165) is 0 Å². The van der Waals surface area contributed by atoms with Gasteiger partial charge in [0.15, 0.2) is 0 Å². The van der Waals surface area contributed by atoms with E-state index in [0.29, 0.717) is 6.61 Å². The Bertz CT molecular complexity index is 264. The smallest absolute Gasteiger partial charge is 0.337 e. The highest BCUT2D eigenvalue weighted by molar-refractivity contribution is 6.25. The Balaban J connectivity index is 0. The van der Waals surface area contributed by atoms with E-state index in [4.69, 9.17) is 16.9 Å². The van der Waals surface area contributed by atoms with Crippen LogP contribution in [-0.4, -0.2) is 12.6 Å². The number of halogens is 1. The van der Waals surface area contributed by atoms with E-state index in [1.807, 2.05) is 0 Å². The first-order valence-electron chi connectivity index (χ1n) is 3.77. The minimum absolute atomic E-state index is 0.188. The largest absolute Gasteiger partial charge is 0.462 e. The molecule has 0 radical (unpaired) electrons. The van der Waals surface area contributed by atoms with Crippen LogP contribution in [0.2, 0.25) is 0 Å². The quantitative estimate of drug-likeness (QED) is 0.313. The van der Waals surface area contributed by atoms with Crippen LogP contribution >= 0.6 is 11.6 Å². The van der Waals surface area contributed by atoms with Gasteiger partial charge >= 0.3 is 5.97 Å². The van der Waals surface area contributed by atoms with Crippen LogP contribution in [0.5, 0.6) is 0 Å². The summed E-state index contributed by atoms with van der Waals surface area (Å²) in [5, 5.41) is 8.10. The van der Waals surface area contributed by atoms with Gasteiger partial charge in [0.1, 0.15) is 0 Å². The molecule has 0 saturated carbocycles. The van der Waals surface area contributed by atoms with E-state index in [9.17, 15) is 4.79 Å². The summed E-state index contributed by atoms with van der Waals surface area (Å²) in [6.07, 6.45) is 2.50. The van der Waals surface area contributed by atoms with Crippen LogP contribution in [0.4, 0.5) is 0 Å². The topological polar surface area (TPSA) is 50.1 Å². The summed E-state index contributed by atoms with van der Waals surface area (Å²) in [5.41, 5.74) is 1.41. The minimum atomic E-state index is -0.487. The first-order valence-corrected chi connectivity index (χ1v) is 4.20. The number of carbonyl (C=O) groups is 1. The second kappa shape index (κ2) is 11.5. The van der Waals surface area contributed by atoms with Crippen molar-refractivity contribution in [2.45, 2.75) is 6.92 Å². The number of rotatable bonds is 3. The lowest BCUT2D eigenvalue weighted by atomic mass is 10.3. The Morgan fingerprint density at radius 1 is 1.71 bits per heavy atom. The third-order valence-electron chi connectivity index (χ3n) is 0.897. The fourth-order valence-corrected chi connectivity index (χ4v) is 0.430. The van der Waals surface area contributed by atoms with Gasteiger partial charge in [-0.25, -0.2) is 4.79 Å². The standard InChI is InChI=1S/C8H9NO2.C2H3Cl/c1-3-11-8(10)7(2)5-4-6-9;1-2-3/h4-5H,2-3H2,1H3;2H,1H2. The summed E-state index contributed by atoms with van der Waals surface area (Å²) in [6, 6.07) is 1.75. The Morgan fingerprint density at radius 3 is 2.57 bits per heavy atom. The van der Waals surface area contributed by atoms with Gasteiger partial charge in [-0.15, -0.1) is 0 Å². The molecule has 0 aromatic rings. The zero-order valence-electron chi connectivity index (χ0n) is 8.00. The average Bonchev–Trinajstić information content (AvgIpc) is 2.15. The van der Waals surface area contributed by atoms with Crippen molar-refractivity contribution in [1.82, 2.24) is 0 Å². The van der Waals surface area contributed by atoms with Gasteiger partial charge in [-0.3, -0.25) is 0 Å². The average molecular weight is 214 g/mol. The van der Waals surface area contributed by atoms with Gasteiger partial charge in [0.25, 0.3) is 0 Å². The maximum Gasteiger partial charge on any atom is 0.337 e. The lowest BCUT2D eigenvalue weighted by Crippen LogP contribution is -2.04. The molecule has 0 rings (SSSR count). The third-order valence-corrected chi connectivity index (χ3v) is 0.897. The van der Waals surface area contributed by atoms with Gasteiger partial charge < -0.3 is 4.74 Å². The third kappa shape index (κ3) is 10.5. The van der Waals surface area contributed by atoms with E-state index in [1.165, 1.54) is 17.7 Å². The Hall–Kier alpha value is -1.53. The molecule has 0 aliphatic rings. The van der Waals surface area contributed by atoms with Crippen LogP contribution in [0, 0.1) is 11.3 Å². The molecule has 0 amide bonds. The molecule has 0 heterocycles. The van der Waals surface area contributed by atoms with E-state index in [1.54, 1.807) is 13.0 Å². The number of carbonyl (C=O) groups excluding carboxylic acids is 1. The van der Waals surface area contributed by atoms with Crippen molar-refractivity contribution in [2.75, 3.05) is 6.61 Å². The van der Waals surface area contributed by atoms with E-state index in [2.05, 4.69) is 17.9 Å². The zero-order valence-corrected chi connectivity index (χ0v) is 8.75. The van der Waals surface area contributed by atoms with Crippen molar-refractivity contribution in [3.8, 4) is 6.07 Å². The van der Waals surface area contributed by atoms with Gasteiger partial charge in [0, 0.05) is 6.08 Å². The maximum absolute atomic E-state index is 10.8. The molecule has 0 unspecified atom stereocenters. The highest BCUT2D eigenvalue weighted by Crippen LogP contribution is 1.95. The molecular weight excluding hydrogens is 202 g/mol. The number of hydrogen-bond donors (Lipinski definition) is 0. The predicted octanol–water partition coefficient (Wildman–Crippen LogP) is 2.55. The van der Waals surface area contributed by atoms with Crippen LogP contribution in [0.3, 0.4) is 0 Å². The molecule has 0 aromatic heterocycles. The monoisotopic (exact) mass is 213 g/mol. The second-order valence-corrected chi connectivity index (χ2v) is 2.17. The molecule has 3 nitrogen and oxygen atoms in total. The summed E-state index contributed by atoms with van der Waals surface area (Å²) in [5.74, 6) is -0.487. The molecule has 0 saturated heterocycles. The molecule has 14 heavy (non-hydrogen) atoms. The van der Waals surface area contributed by atoms with Crippen molar-refractivity contribution in [1.29, 1.82) is 5.26 Å². The predicted molar refractivity (Wildman–Crippen MR) is 56.6 cm³/mol. The molecule has 0 aliphatic heterocycles. The summed E-state index contributed by atoms with van der Waals surface area (Å²) in [6.45, 7) is 8.55. The van der Waals surface area contributed by atoms with Gasteiger partial charge in [-0.2, -0.15) is 5.26 Å².